The second-order valence-corrected chi connectivity index (χ2v) is 3.47. The van der Waals surface area contributed by atoms with Crippen LogP contribution in [0.15, 0.2) is 36.4 Å². The van der Waals surface area contributed by atoms with Crippen molar-refractivity contribution >= 4 is 12.4 Å². The molecule has 0 aliphatic carbocycles. The van der Waals surface area contributed by atoms with Crippen LogP contribution in [0.1, 0.15) is 12.5 Å². The van der Waals surface area contributed by atoms with Gasteiger partial charge in [-0.2, -0.15) is 0 Å². The van der Waals surface area contributed by atoms with Gasteiger partial charge in [-0.05, 0) is 5.56 Å². The Morgan fingerprint density at radius 3 is 2.47 bits per heavy atom. The zero-order valence-corrected chi connectivity index (χ0v) is 9.09. The fourth-order valence-electron chi connectivity index (χ4n) is 1.32. The molecule has 0 radical (unpaired) electrons. The summed E-state index contributed by atoms with van der Waals surface area (Å²) in [6.07, 6.45) is 4.63. The number of rotatable bonds is 5. The lowest BCUT2D eigenvalue weighted by molar-refractivity contribution is -0.113. The first-order valence-electron chi connectivity index (χ1n) is 4.99. The number of benzene rings is 1. The summed E-state index contributed by atoms with van der Waals surface area (Å²) in [6.45, 7) is 1.84. The van der Waals surface area contributed by atoms with Gasteiger partial charge in [-0.25, -0.2) is 0 Å². The fourth-order valence-corrected chi connectivity index (χ4v) is 1.32. The van der Waals surface area contributed by atoms with E-state index < -0.39 is 0 Å². The molecule has 0 bridgehead atoms. The number of methoxy groups -OCH3 is 1. The number of carbonyl (C=O) groups excluding carboxylic acids is 1. The van der Waals surface area contributed by atoms with Crippen molar-refractivity contribution in [3.63, 3.8) is 0 Å². The number of carbonyl (C=O) groups is 1. The molecule has 0 N–H and O–H groups in total. The van der Waals surface area contributed by atoms with Gasteiger partial charge in [0.05, 0.1) is 6.10 Å². The lowest BCUT2D eigenvalue weighted by atomic mass is 10.1. The van der Waals surface area contributed by atoms with Gasteiger partial charge in [-0.3, -0.25) is 0 Å². The van der Waals surface area contributed by atoms with Crippen LogP contribution < -0.4 is 0 Å². The number of aldehydes is 1. The smallest absolute Gasteiger partial charge is 0.125 e. The van der Waals surface area contributed by atoms with Crippen molar-refractivity contribution in [3.05, 3.63) is 42.0 Å². The Bertz CT molecular complexity index is 317. The summed E-state index contributed by atoms with van der Waals surface area (Å²) in [4.78, 5) is 10.6. The second kappa shape index (κ2) is 6.14. The molecule has 0 aliphatic rings. The lowest BCUT2D eigenvalue weighted by Crippen LogP contribution is -2.18. The quantitative estimate of drug-likeness (QED) is 0.689. The maximum absolute atomic E-state index is 10.6. The standard InChI is InChI=1S/C13H16O2/c1-11(10-14)13(15-2)9-8-12-6-4-3-5-7-12/h3-11,13H,1-2H3/b9-8+/t11-,13-/m0/s1. The Hall–Kier alpha value is -1.41. The highest BCUT2D eigenvalue weighted by Gasteiger charge is 2.11. The van der Waals surface area contributed by atoms with E-state index in [0.717, 1.165) is 11.8 Å². The monoisotopic (exact) mass is 204 g/mol. The summed E-state index contributed by atoms with van der Waals surface area (Å²) in [5.41, 5.74) is 1.11. The third kappa shape index (κ3) is 3.68. The van der Waals surface area contributed by atoms with E-state index in [0.29, 0.717) is 0 Å². The molecule has 1 aromatic carbocycles. The van der Waals surface area contributed by atoms with Crippen molar-refractivity contribution in [3.8, 4) is 0 Å². The molecular formula is C13H16O2. The van der Waals surface area contributed by atoms with Crippen molar-refractivity contribution in [2.75, 3.05) is 7.11 Å². The zero-order chi connectivity index (χ0) is 11.1. The Balaban J connectivity index is 2.66. The van der Waals surface area contributed by atoms with Crippen molar-refractivity contribution < 1.29 is 9.53 Å². The van der Waals surface area contributed by atoms with Gasteiger partial charge in [0.25, 0.3) is 0 Å². The molecule has 0 unspecified atom stereocenters. The van der Waals surface area contributed by atoms with Crippen LogP contribution in [0.4, 0.5) is 0 Å². The lowest BCUT2D eigenvalue weighted by Gasteiger charge is -2.13. The molecule has 0 saturated carbocycles. The minimum absolute atomic E-state index is 0.116. The van der Waals surface area contributed by atoms with Crippen LogP contribution in [-0.2, 0) is 9.53 Å². The molecule has 0 saturated heterocycles. The predicted molar refractivity (Wildman–Crippen MR) is 61.5 cm³/mol. The summed E-state index contributed by atoms with van der Waals surface area (Å²) in [7, 11) is 1.61. The molecule has 80 valence electrons. The van der Waals surface area contributed by atoms with Crippen molar-refractivity contribution in [2.24, 2.45) is 5.92 Å². The predicted octanol–water partition coefficient (Wildman–Crippen LogP) is 2.55. The topological polar surface area (TPSA) is 26.3 Å². The first-order chi connectivity index (χ1) is 7.27. The van der Waals surface area contributed by atoms with Gasteiger partial charge >= 0.3 is 0 Å². The Morgan fingerprint density at radius 2 is 1.93 bits per heavy atom. The molecule has 0 aromatic heterocycles. The summed E-state index contributed by atoms with van der Waals surface area (Å²) >= 11 is 0. The molecule has 1 aromatic rings. The van der Waals surface area contributed by atoms with Gasteiger partial charge in [-0.15, -0.1) is 0 Å². The molecule has 2 heteroatoms. The van der Waals surface area contributed by atoms with E-state index in [2.05, 4.69) is 0 Å². The maximum Gasteiger partial charge on any atom is 0.125 e. The number of ether oxygens (including phenoxy) is 1. The molecule has 0 fully saturated rings. The van der Waals surface area contributed by atoms with Gasteiger partial charge in [0.2, 0.25) is 0 Å². The Kier molecular flexibility index (Phi) is 4.78. The molecule has 2 nitrogen and oxygen atoms in total. The maximum atomic E-state index is 10.6. The van der Waals surface area contributed by atoms with Gasteiger partial charge in [0, 0.05) is 13.0 Å². The third-order valence-corrected chi connectivity index (χ3v) is 2.28. The highest BCUT2D eigenvalue weighted by molar-refractivity contribution is 5.56. The van der Waals surface area contributed by atoms with Crippen molar-refractivity contribution in [1.29, 1.82) is 0 Å². The molecule has 0 amide bonds. The summed E-state index contributed by atoms with van der Waals surface area (Å²) in [5.74, 6) is -0.116. The van der Waals surface area contributed by atoms with Crippen LogP contribution in [-0.4, -0.2) is 19.5 Å². The van der Waals surface area contributed by atoms with Gasteiger partial charge in [-0.1, -0.05) is 49.4 Å². The average Bonchev–Trinajstić information content (AvgIpc) is 2.31. The largest absolute Gasteiger partial charge is 0.377 e. The molecule has 15 heavy (non-hydrogen) atoms. The average molecular weight is 204 g/mol. The van der Waals surface area contributed by atoms with E-state index >= 15 is 0 Å². The van der Waals surface area contributed by atoms with Crippen LogP contribution in [0.25, 0.3) is 6.08 Å². The summed E-state index contributed by atoms with van der Waals surface area (Å²) in [5, 5.41) is 0. The van der Waals surface area contributed by atoms with E-state index in [1.807, 2.05) is 49.4 Å². The molecule has 2 atom stereocenters. The fraction of sp³-hybridized carbons (Fsp3) is 0.308. The van der Waals surface area contributed by atoms with E-state index in [4.69, 9.17) is 4.74 Å². The molecule has 0 aliphatic heterocycles. The first-order valence-corrected chi connectivity index (χ1v) is 4.99. The van der Waals surface area contributed by atoms with E-state index in [-0.39, 0.29) is 12.0 Å². The van der Waals surface area contributed by atoms with Crippen LogP contribution >= 0.6 is 0 Å². The summed E-state index contributed by atoms with van der Waals surface area (Å²) in [6, 6.07) is 9.94. The van der Waals surface area contributed by atoms with Crippen LogP contribution in [0.5, 0.6) is 0 Å². The minimum Gasteiger partial charge on any atom is -0.377 e. The molecule has 0 heterocycles. The van der Waals surface area contributed by atoms with Gasteiger partial charge in [0.15, 0.2) is 0 Å². The second-order valence-electron chi connectivity index (χ2n) is 3.47. The molecule has 0 spiro atoms. The van der Waals surface area contributed by atoms with Crippen LogP contribution in [0, 0.1) is 5.92 Å². The van der Waals surface area contributed by atoms with Gasteiger partial charge in [0.1, 0.15) is 6.29 Å². The van der Waals surface area contributed by atoms with E-state index in [1.165, 1.54) is 0 Å². The van der Waals surface area contributed by atoms with Crippen LogP contribution in [0.3, 0.4) is 0 Å². The molecule has 1 rings (SSSR count). The van der Waals surface area contributed by atoms with E-state index in [9.17, 15) is 4.79 Å². The first kappa shape index (κ1) is 11.7. The highest BCUT2D eigenvalue weighted by atomic mass is 16.5. The van der Waals surface area contributed by atoms with E-state index in [1.54, 1.807) is 7.11 Å². The number of hydrogen-bond acceptors (Lipinski definition) is 2. The number of hydrogen-bond donors (Lipinski definition) is 0. The zero-order valence-electron chi connectivity index (χ0n) is 9.09. The Labute approximate surface area is 90.6 Å². The van der Waals surface area contributed by atoms with Gasteiger partial charge < -0.3 is 9.53 Å². The Morgan fingerprint density at radius 1 is 1.27 bits per heavy atom. The summed E-state index contributed by atoms with van der Waals surface area (Å²) < 4.78 is 5.21. The molecular weight excluding hydrogens is 188 g/mol. The minimum atomic E-state index is -0.150. The van der Waals surface area contributed by atoms with Crippen molar-refractivity contribution in [2.45, 2.75) is 13.0 Å². The van der Waals surface area contributed by atoms with Crippen molar-refractivity contribution in [1.82, 2.24) is 0 Å². The van der Waals surface area contributed by atoms with Crippen LogP contribution in [0.2, 0.25) is 0 Å². The SMILES string of the molecule is CO[C@@H](/C=C/c1ccccc1)[C@@H](C)C=O. The third-order valence-electron chi connectivity index (χ3n) is 2.28. The normalized spacial score (nSPS) is 15.1. The highest BCUT2D eigenvalue weighted by Crippen LogP contribution is 2.09.